The minimum absolute atomic E-state index is 0.108. The topological polar surface area (TPSA) is 76.0 Å². The Morgan fingerprint density at radius 2 is 2.22 bits per heavy atom. The summed E-state index contributed by atoms with van der Waals surface area (Å²) in [4.78, 5) is 26.8. The maximum absolute atomic E-state index is 11.5. The van der Waals surface area contributed by atoms with Crippen LogP contribution < -0.4 is 16.2 Å². The first-order valence-corrected chi connectivity index (χ1v) is 6.30. The summed E-state index contributed by atoms with van der Waals surface area (Å²) in [5.74, 6) is 0. The summed E-state index contributed by atoms with van der Waals surface area (Å²) < 4.78 is 1.47. The second-order valence-electron chi connectivity index (χ2n) is 4.49. The molecule has 18 heavy (non-hydrogen) atoms. The number of carbonyl (C=O) groups is 1. The molecule has 1 saturated carbocycles. The molecule has 2 N–H and O–H groups in total. The van der Waals surface area contributed by atoms with Crippen LogP contribution in [0.15, 0.2) is 23.4 Å². The SMILES string of the molecule is O=C(NCCn1cnccc1=O)NC1CCCC1. The molecule has 6 nitrogen and oxygen atoms in total. The molecule has 2 amide bonds. The largest absolute Gasteiger partial charge is 0.336 e. The van der Waals surface area contributed by atoms with E-state index in [0.29, 0.717) is 19.1 Å². The molecular weight excluding hydrogens is 232 g/mol. The van der Waals surface area contributed by atoms with E-state index in [2.05, 4.69) is 15.6 Å². The van der Waals surface area contributed by atoms with E-state index in [4.69, 9.17) is 0 Å². The quantitative estimate of drug-likeness (QED) is 0.816. The molecule has 0 radical (unpaired) electrons. The summed E-state index contributed by atoms with van der Waals surface area (Å²) >= 11 is 0. The fourth-order valence-electron chi connectivity index (χ4n) is 2.14. The van der Waals surface area contributed by atoms with Crippen LogP contribution in [0.25, 0.3) is 0 Å². The maximum Gasteiger partial charge on any atom is 0.315 e. The van der Waals surface area contributed by atoms with Crippen molar-refractivity contribution in [3.8, 4) is 0 Å². The summed E-state index contributed by atoms with van der Waals surface area (Å²) in [5, 5.41) is 5.67. The van der Waals surface area contributed by atoms with Crippen molar-refractivity contribution in [3.63, 3.8) is 0 Å². The van der Waals surface area contributed by atoms with Gasteiger partial charge in [-0.25, -0.2) is 9.78 Å². The minimum atomic E-state index is -0.154. The van der Waals surface area contributed by atoms with Crippen molar-refractivity contribution in [1.29, 1.82) is 0 Å². The van der Waals surface area contributed by atoms with Crippen molar-refractivity contribution < 1.29 is 4.79 Å². The second-order valence-corrected chi connectivity index (χ2v) is 4.49. The molecule has 1 heterocycles. The minimum Gasteiger partial charge on any atom is -0.336 e. The Morgan fingerprint density at radius 3 is 2.94 bits per heavy atom. The van der Waals surface area contributed by atoms with Gasteiger partial charge in [-0.1, -0.05) is 12.8 Å². The van der Waals surface area contributed by atoms with Crippen molar-refractivity contribution in [1.82, 2.24) is 20.2 Å². The summed E-state index contributed by atoms with van der Waals surface area (Å²) in [6, 6.07) is 1.56. The first-order chi connectivity index (χ1) is 8.75. The molecule has 1 fully saturated rings. The lowest BCUT2D eigenvalue weighted by molar-refractivity contribution is 0.236. The molecule has 1 aliphatic rings. The smallest absolute Gasteiger partial charge is 0.315 e. The lowest BCUT2D eigenvalue weighted by Crippen LogP contribution is -2.42. The molecule has 0 spiro atoms. The van der Waals surface area contributed by atoms with E-state index in [1.165, 1.54) is 36.0 Å². The number of aromatic nitrogens is 2. The summed E-state index contributed by atoms with van der Waals surface area (Å²) in [5.41, 5.74) is -0.108. The highest BCUT2D eigenvalue weighted by atomic mass is 16.2. The van der Waals surface area contributed by atoms with Gasteiger partial charge in [0.2, 0.25) is 0 Å². The predicted octanol–water partition coefficient (Wildman–Crippen LogP) is 0.485. The van der Waals surface area contributed by atoms with Crippen LogP contribution in [0.3, 0.4) is 0 Å². The van der Waals surface area contributed by atoms with Crippen LogP contribution in [0.2, 0.25) is 0 Å². The van der Waals surface area contributed by atoms with Gasteiger partial charge in [-0.15, -0.1) is 0 Å². The summed E-state index contributed by atoms with van der Waals surface area (Å²) in [6.07, 6.45) is 7.44. The zero-order valence-electron chi connectivity index (χ0n) is 10.3. The molecule has 0 aromatic carbocycles. The first-order valence-electron chi connectivity index (χ1n) is 6.30. The Morgan fingerprint density at radius 1 is 1.44 bits per heavy atom. The van der Waals surface area contributed by atoms with Crippen molar-refractivity contribution in [3.05, 3.63) is 28.9 Å². The van der Waals surface area contributed by atoms with Gasteiger partial charge in [0, 0.05) is 31.4 Å². The van der Waals surface area contributed by atoms with E-state index >= 15 is 0 Å². The van der Waals surface area contributed by atoms with Crippen molar-refractivity contribution >= 4 is 6.03 Å². The van der Waals surface area contributed by atoms with Crippen molar-refractivity contribution in [2.24, 2.45) is 0 Å². The van der Waals surface area contributed by atoms with Gasteiger partial charge in [0.25, 0.3) is 5.56 Å². The molecular formula is C12H18N4O2. The average Bonchev–Trinajstić information content (AvgIpc) is 2.84. The number of amides is 2. The van der Waals surface area contributed by atoms with Crippen LogP contribution in [0.5, 0.6) is 0 Å². The van der Waals surface area contributed by atoms with Gasteiger partial charge in [-0.05, 0) is 12.8 Å². The highest BCUT2D eigenvalue weighted by Crippen LogP contribution is 2.17. The average molecular weight is 250 g/mol. The number of nitrogens with zero attached hydrogens (tertiary/aromatic N) is 2. The van der Waals surface area contributed by atoms with Gasteiger partial charge in [0.05, 0.1) is 6.33 Å². The Bertz CT molecular complexity index is 451. The molecule has 2 rings (SSSR count). The maximum atomic E-state index is 11.5. The number of nitrogens with one attached hydrogen (secondary N) is 2. The summed E-state index contributed by atoms with van der Waals surface area (Å²) in [6.45, 7) is 0.856. The lowest BCUT2D eigenvalue weighted by Gasteiger charge is -2.13. The van der Waals surface area contributed by atoms with Gasteiger partial charge in [-0.2, -0.15) is 0 Å². The number of hydrogen-bond acceptors (Lipinski definition) is 3. The van der Waals surface area contributed by atoms with Crippen LogP contribution in [0.1, 0.15) is 25.7 Å². The standard InChI is InChI=1S/C12H18N4O2/c17-11-5-6-13-9-16(11)8-7-14-12(18)15-10-3-1-2-4-10/h5-6,9-10H,1-4,7-8H2,(H2,14,15,18). The van der Waals surface area contributed by atoms with Crippen LogP contribution in [-0.2, 0) is 6.54 Å². The molecule has 0 saturated heterocycles. The van der Waals surface area contributed by atoms with Crippen LogP contribution in [0, 0.1) is 0 Å². The van der Waals surface area contributed by atoms with Gasteiger partial charge in [0.1, 0.15) is 0 Å². The fourth-order valence-corrected chi connectivity index (χ4v) is 2.14. The monoisotopic (exact) mass is 250 g/mol. The molecule has 0 unspecified atom stereocenters. The Labute approximate surface area is 105 Å². The molecule has 0 bridgehead atoms. The third-order valence-electron chi connectivity index (χ3n) is 3.12. The Hall–Kier alpha value is -1.85. The van der Waals surface area contributed by atoms with Crippen molar-refractivity contribution in [2.75, 3.05) is 6.54 Å². The van der Waals surface area contributed by atoms with Gasteiger partial charge in [0.15, 0.2) is 0 Å². The molecule has 1 aromatic rings. The van der Waals surface area contributed by atoms with E-state index in [0.717, 1.165) is 12.8 Å². The molecule has 1 aliphatic carbocycles. The normalized spacial score (nSPS) is 15.6. The summed E-state index contributed by atoms with van der Waals surface area (Å²) in [7, 11) is 0. The second kappa shape index (κ2) is 6.18. The molecule has 0 aliphatic heterocycles. The van der Waals surface area contributed by atoms with Gasteiger partial charge < -0.3 is 10.6 Å². The third-order valence-corrected chi connectivity index (χ3v) is 3.12. The molecule has 6 heteroatoms. The predicted molar refractivity (Wildman–Crippen MR) is 67.3 cm³/mol. The molecule has 0 atom stereocenters. The van der Waals surface area contributed by atoms with E-state index in [-0.39, 0.29) is 11.6 Å². The van der Waals surface area contributed by atoms with E-state index in [1.807, 2.05) is 0 Å². The van der Waals surface area contributed by atoms with Gasteiger partial charge in [-0.3, -0.25) is 9.36 Å². The third kappa shape index (κ3) is 3.58. The van der Waals surface area contributed by atoms with E-state index in [1.54, 1.807) is 0 Å². The Kier molecular flexibility index (Phi) is 4.33. The zero-order valence-corrected chi connectivity index (χ0v) is 10.3. The molecule has 98 valence electrons. The first kappa shape index (κ1) is 12.6. The number of rotatable bonds is 4. The number of urea groups is 1. The van der Waals surface area contributed by atoms with Crippen molar-refractivity contribution in [2.45, 2.75) is 38.3 Å². The highest BCUT2D eigenvalue weighted by Gasteiger charge is 2.16. The van der Waals surface area contributed by atoms with E-state index in [9.17, 15) is 9.59 Å². The van der Waals surface area contributed by atoms with Crippen LogP contribution in [-0.4, -0.2) is 28.2 Å². The molecule has 1 aromatic heterocycles. The van der Waals surface area contributed by atoms with E-state index < -0.39 is 0 Å². The number of hydrogen-bond donors (Lipinski definition) is 2. The zero-order chi connectivity index (χ0) is 12.8. The number of carbonyl (C=O) groups excluding carboxylic acids is 1. The van der Waals surface area contributed by atoms with Gasteiger partial charge >= 0.3 is 6.03 Å². The fraction of sp³-hybridized carbons (Fsp3) is 0.583. The highest BCUT2D eigenvalue weighted by molar-refractivity contribution is 5.74. The van der Waals surface area contributed by atoms with Crippen LogP contribution in [0.4, 0.5) is 4.79 Å². The lowest BCUT2D eigenvalue weighted by atomic mass is 10.2. The Balaban J connectivity index is 1.70. The van der Waals surface area contributed by atoms with Crippen LogP contribution >= 0.6 is 0 Å².